The molecule has 0 aliphatic rings. The van der Waals surface area contributed by atoms with Crippen molar-refractivity contribution in [3.8, 4) is 11.9 Å². The number of pyridine rings is 1. The number of carboxylic acids is 1. The molecule has 0 aliphatic heterocycles. The van der Waals surface area contributed by atoms with E-state index in [1.165, 1.54) is 18.2 Å². The molecule has 0 amide bonds. The van der Waals surface area contributed by atoms with E-state index in [4.69, 9.17) is 23.2 Å². The van der Waals surface area contributed by atoms with Crippen molar-refractivity contribution in [2.24, 2.45) is 5.41 Å². The first-order valence-corrected chi connectivity index (χ1v) is 13.2. The third-order valence-electron chi connectivity index (χ3n) is 5.71. The highest BCUT2D eigenvalue weighted by Crippen LogP contribution is 2.37. The Morgan fingerprint density at radius 3 is 2.35 bits per heavy atom. The predicted molar refractivity (Wildman–Crippen MR) is 143 cm³/mol. The molecule has 190 valence electrons. The lowest BCUT2D eigenvalue weighted by molar-refractivity contribution is -0.140. The number of benzene rings is 2. The van der Waals surface area contributed by atoms with Crippen LogP contribution in [0.3, 0.4) is 0 Å². The molecule has 0 saturated heterocycles. The topological polar surface area (TPSA) is 116 Å². The number of carbonyl (C=O) groups is 1. The predicted octanol–water partition coefficient (Wildman–Crippen LogP) is 5.90. The smallest absolute Gasteiger partial charge is 0.328 e. The van der Waals surface area contributed by atoms with Gasteiger partial charge in [-0.3, -0.25) is 4.31 Å². The summed E-state index contributed by atoms with van der Waals surface area (Å²) in [7, 11) is -4.42. The van der Waals surface area contributed by atoms with Gasteiger partial charge in [0.05, 0.1) is 16.1 Å². The van der Waals surface area contributed by atoms with Crippen LogP contribution < -0.4 is 4.31 Å². The zero-order chi connectivity index (χ0) is 27.1. The fourth-order valence-corrected chi connectivity index (χ4v) is 6.64. The monoisotopic (exact) mass is 556 g/mol. The van der Waals surface area contributed by atoms with Gasteiger partial charge in [0.15, 0.2) is 0 Å². The molecule has 4 aromatic rings. The summed E-state index contributed by atoms with van der Waals surface area (Å²) in [5.74, 6) is -0.794. The van der Waals surface area contributed by atoms with Crippen LogP contribution in [-0.4, -0.2) is 35.1 Å². The molecule has 0 radical (unpaired) electrons. The van der Waals surface area contributed by atoms with Crippen molar-refractivity contribution in [2.45, 2.75) is 31.7 Å². The average Bonchev–Trinajstić information content (AvgIpc) is 3.24. The number of aliphatic carboxylic acids is 1. The van der Waals surface area contributed by atoms with Gasteiger partial charge in [-0.2, -0.15) is 5.26 Å². The van der Waals surface area contributed by atoms with E-state index < -0.39 is 27.4 Å². The Hall–Kier alpha value is -3.58. The minimum Gasteiger partial charge on any atom is -0.480 e. The van der Waals surface area contributed by atoms with Crippen LogP contribution >= 0.6 is 23.2 Å². The molecular weight excluding hydrogens is 535 g/mol. The van der Waals surface area contributed by atoms with Crippen LogP contribution in [0.5, 0.6) is 0 Å². The summed E-state index contributed by atoms with van der Waals surface area (Å²) in [6.45, 7) is 4.96. The standard InChI is InChI=1S/C26H22Cl2N4O4S/c1-26(2,3)24(25(33)34)32(37(35,36)21-13-17(27)12-18(28)14-21)20-7-8-22-16(11-20)9-10-31(22)23-6-4-5-19(15-29)30-23/h4-14,24H,1-3H3,(H,33,34). The van der Waals surface area contributed by atoms with E-state index in [1.807, 2.05) is 6.07 Å². The number of nitriles is 1. The third-order valence-corrected chi connectivity index (χ3v) is 7.91. The molecule has 0 spiro atoms. The van der Waals surface area contributed by atoms with E-state index in [1.54, 1.807) is 74.0 Å². The van der Waals surface area contributed by atoms with Gasteiger partial charge in [0.1, 0.15) is 23.6 Å². The molecule has 0 bridgehead atoms. The van der Waals surface area contributed by atoms with Gasteiger partial charge >= 0.3 is 5.97 Å². The number of carboxylic acid groups (broad SMARTS) is 1. The van der Waals surface area contributed by atoms with Gasteiger partial charge in [-0.15, -0.1) is 0 Å². The van der Waals surface area contributed by atoms with Crippen LogP contribution in [0.15, 0.2) is 71.8 Å². The van der Waals surface area contributed by atoms with Crippen LogP contribution in [0.2, 0.25) is 10.0 Å². The van der Waals surface area contributed by atoms with Gasteiger partial charge in [-0.05, 0) is 60.0 Å². The molecule has 1 unspecified atom stereocenters. The summed E-state index contributed by atoms with van der Waals surface area (Å²) < 4.78 is 30.6. The maximum Gasteiger partial charge on any atom is 0.328 e. The van der Waals surface area contributed by atoms with Gasteiger partial charge in [0.25, 0.3) is 10.0 Å². The molecule has 0 saturated carbocycles. The number of anilines is 1. The van der Waals surface area contributed by atoms with Gasteiger partial charge in [-0.25, -0.2) is 18.2 Å². The molecule has 11 heteroatoms. The van der Waals surface area contributed by atoms with E-state index in [-0.39, 0.29) is 26.3 Å². The van der Waals surface area contributed by atoms with Gasteiger partial charge in [0.2, 0.25) is 0 Å². The van der Waals surface area contributed by atoms with Crippen LogP contribution in [-0.2, 0) is 14.8 Å². The number of nitrogens with zero attached hydrogens (tertiary/aromatic N) is 4. The van der Waals surface area contributed by atoms with Crippen molar-refractivity contribution in [2.75, 3.05) is 4.31 Å². The number of sulfonamides is 1. The molecule has 4 rings (SSSR count). The normalized spacial score (nSPS) is 12.8. The molecule has 1 N–H and O–H groups in total. The Bertz CT molecular complexity index is 1650. The maximum atomic E-state index is 14.0. The van der Waals surface area contributed by atoms with Gasteiger partial charge < -0.3 is 9.67 Å². The third kappa shape index (κ3) is 5.14. The van der Waals surface area contributed by atoms with Crippen molar-refractivity contribution in [3.63, 3.8) is 0 Å². The van der Waals surface area contributed by atoms with Crippen LogP contribution in [0.25, 0.3) is 16.7 Å². The highest BCUT2D eigenvalue weighted by atomic mass is 35.5. The SMILES string of the molecule is CC(C)(C)C(C(=O)O)N(c1ccc2c(ccn2-c2cccc(C#N)n2)c1)S(=O)(=O)c1cc(Cl)cc(Cl)c1. The molecule has 0 aliphatic carbocycles. The first kappa shape index (κ1) is 26.5. The number of hydrogen-bond donors (Lipinski definition) is 1. The van der Waals surface area contributed by atoms with Crippen LogP contribution in [0.4, 0.5) is 5.69 Å². The molecular formula is C26H22Cl2N4O4S. The highest BCUT2D eigenvalue weighted by Gasteiger charge is 2.43. The molecule has 1 atom stereocenters. The molecule has 2 aromatic heterocycles. The zero-order valence-corrected chi connectivity index (χ0v) is 22.4. The summed E-state index contributed by atoms with van der Waals surface area (Å²) in [5.41, 5.74) is 0.117. The second-order valence-corrected chi connectivity index (χ2v) is 12.1. The summed E-state index contributed by atoms with van der Waals surface area (Å²) in [5, 5.41) is 20.2. The Morgan fingerprint density at radius 2 is 1.76 bits per heavy atom. The summed E-state index contributed by atoms with van der Waals surface area (Å²) in [6.07, 6.45) is 1.74. The second kappa shape index (κ2) is 9.71. The van der Waals surface area contributed by atoms with E-state index in [9.17, 15) is 23.6 Å². The van der Waals surface area contributed by atoms with Crippen molar-refractivity contribution >= 4 is 55.8 Å². The Kier molecular flexibility index (Phi) is 6.95. The highest BCUT2D eigenvalue weighted by molar-refractivity contribution is 7.93. The van der Waals surface area contributed by atoms with Gasteiger partial charge in [-0.1, -0.05) is 50.0 Å². The average molecular weight is 557 g/mol. The van der Waals surface area contributed by atoms with E-state index in [0.29, 0.717) is 16.7 Å². The summed E-state index contributed by atoms with van der Waals surface area (Å²) in [4.78, 5) is 16.6. The first-order valence-electron chi connectivity index (χ1n) is 11.0. The first-order chi connectivity index (χ1) is 17.3. The number of aromatic nitrogens is 2. The van der Waals surface area contributed by atoms with Crippen molar-refractivity contribution < 1.29 is 18.3 Å². The Morgan fingerprint density at radius 1 is 1.08 bits per heavy atom. The minimum absolute atomic E-state index is 0.105. The Labute approximate surface area is 224 Å². The molecule has 37 heavy (non-hydrogen) atoms. The van der Waals surface area contributed by atoms with Crippen LogP contribution in [0.1, 0.15) is 26.5 Å². The second-order valence-electron chi connectivity index (χ2n) is 9.43. The van der Waals surface area contributed by atoms with Crippen molar-refractivity contribution in [3.05, 3.63) is 82.6 Å². The van der Waals surface area contributed by atoms with E-state index in [0.717, 1.165) is 4.31 Å². The fraction of sp³-hybridized carbons (Fsp3) is 0.192. The largest absolute Gasteiger partial charge is 0.480 e. The van der Waals surface area contributed by atoms with E-state index in [2.05, 4.69) is 4.98 Å². The quantitative estimate of drug-likeness (QED) is 0.316. The molecule has 2 heterocycles. The maximum absolute atomic E-state index is 14.0. The Balaban J connectivity index is 1.93. The lowest BCUT2D eigenvalue weighted by Gasteiger charge is -2.37. The number of rotatable bonds is 6. The lowest BCUT2D eigenvalue weighted by Crippen LogP contribution is -2.52. The van der Waals surface area contributed by atoms with Crippen molar-refractivity contribution in [1.82, 2.24) is 9.55 Å². The van der Waals surface area contributed by atoms with E-state index >= 15 is 0 Å². The molecule has 8 nitrogen and oxygen atoms in total. The molecule has 0 fully saturated rings. The number of halogens is 2. The summed E-state index contributed by atoms with van der Waals surface area (Å²) >= 11 is 12.2. The molecule has 2 aromatic carbocycles. The number of hydrogen-bond acceptors (Lipinski definition) is 5. The fourth-order valence-electron chi connectivity index (χ4n) is 4.13. The lowest BCUT2D eigenvalue weighted by atomic mass is 9.86. The number of fused-ring (bicyclic) bond motifs is 1. The summed E-state index contributed by atoms with van der Waals surface area (Å²) in [6, 6.07) is 16.1. The van der Waals surface area contributed by atoms with Crippen LogP contribution in [0, 0.1) is 16.7 Å². The minimum atomic E-state index is -4.42. The van der Waals surface area contributed by atoms with Crippen molar-refractivity contribution in [1.29, 1.82) is 5.26 Å². The van der Waals surface area contributed by atoms with Gasteiger partial charge in [0, 0.05) is 21.6 Å². The zero-order valence-electron chi connectivity index (χ0n) is 20.1.